The normalized spacial score (nSPS) is 16.6. The minimum absolute atomic E-state index is 0.331. The third-order valence-corrected chi connectivity index (χ3v) is 1.88. The maximum Gasteiger partial charge on any atom is 0.412 e. The second-order valence-electron chi connectivity index (χ2n) is 3.12. The summed E-state index contributed by atoms with van der Waals surface area (Å²) in [6, 6.07) is 0. The van der Waals surface area contributed by atoms with Gasteiger partial charge in [-0.3, -0.25) is 0 Å². The Kier molecular flexibility index (Phi) is 4.81. The lowest BCUT2D eigenvalue weighted by atomic mass is 10.1. The van der Waals surface area contributed by atoms with Gasteiger partial charge in [-0.15, -0.1) is 0 Å². The molecule has 3 heteroatoms. The highest BCUT2D eigenvalue weighted by Gasteiger charge is 2.29. The number of allylic oxidation sites excluding steroid dienone is 4. The van der Waals surface area contributed by atoms with Gasteiger partial charge in [0.05, 0.1) is 0 Å². The van der Waals surface area contributed by atoms with Crippen LogP contribution in [0.15, 0.2) is 23.8 Å². The predicted molar refractivity (Wildman–Crippen MR) is 48.4 cm³/mol. The summed E-state index contributed by atoms with van der Waals surface area (Å²) < 4.78 is 35.9. The average Bonchev–Trinajstić information content (AvgIpc) is 2.02. The molecule has 0 saturated heterocycles. The van der Waals surface area contributed by atoms with Crippen molar-refractivity contribution in [2.24, 2.45) is 5.92 Å². The summed E-state index contributed by atoms with van der Waals surface area (Å²) >= 11 is 0. The van der Waals surface area contributed by atoms with Gasteiger partial charge in [-0.05, 0) is 12.8 Å². The third-order valence-electron chi connectivity index (χ3n) is 1.88. The molecule has 0 bridgehead atoms. The molecule has 76 valence electrons. The summed E-state index contributed by atoms with van der Waals surface area (Å²) in [4.78, 5) is 0. The van der Waals surface area contributed by atoms with Crippen LogP contribution in [0.1, 0.15) is 27.2 Å². The van der Waals surface area contributed by atoms with Crippen LogP contribution in [0.25, 0.3) is 0 Å². The first kappa shape index (κ1) is 12.3. The maximum absolute atomic E-state index is 12.0. The van der Waals surface area contributed by atoms with Crippen LogP contribution >= 0.6 is 0 Å². The molecule has 13 heavy (non-hydrogen) atoms. The fraction of sp³-hybridized carbons (Fsp3) is 0.600. The maximum atomic E-state index is 12.0. The van der Waals surface area contributed by atoms with E-state index in [0.29, 0.717) is 5.92 Å². The number of hydrogen-bond acceptors (Lipinski definition) is 0. The summed E-state index contributed by atoms with van der Waals surface area (Å²) in [5.41, 5.74) is -0.563. The van der Waals surface area contributed by atoms with Crippen LogP contribution in [0, 0.1) is 5.92 Å². The van der Waals surface area contributed by atoms with Crippen molar-refractivity contribution >= 4 is 0 Å². The van der Waals surface area contributed by atoms with E-state index in [1.807, 2.05) is 13.8 Å². The molecule has 0 rings (SSSR count). The summed E-state index contributed by atoms with van der Waals surface area (Å²) in [7, 11) is 0. The van der Waals surface area contributed by atoms with Crippen molar-refractivity contribution in [1.82, 2.24) is 0 Å². The van der Waals surface area contributed by atoms with Crippen LogP contribution in [0.2, 0.25) is 0 Å². The van der Waals surface area contributed by atoms with Crippen LogP contribution in [0.5, 0.6) is 0 Å². The van der Waals surface area contributed by atoms with E-state index in [2.05, 4.69) is 0 Å². The Balaban J connectivity index is 4.19. The first-order valence-corrected chi connectivity index (χ1v) is 4.30. The van der Waals surface area contributed by atoms with Crippen LogP contribution in [-0.4, -0.2) is 6.18 Å². The number of hydrogen-bond donors (Lipinski definition) is 0. The highest BCUT2D eigenvalue weighted by atomic mass is 19.4. The Morgan fingerprint density at radius 3 is 2.31 bits per heavy atom. The molecule has 0 radical (unpaired) electrons. The van der Waals surface area contributed by atoms with E-state index in [1.54, 1.807) is 6.08 Å². The fourth-order valence-electron chi connectivity index (χ4n) is 0.620. The van der Waals surface area contributed by atoms with Crippen LogP contribution in [-0.2, 0) is 0 Å². The molecule has 0 aliphatic heterocycles. The fourth-order valence-corrected chi connectivity index (χ4v) is 0.620. The minimum atomic E-state index is -4.19. The van der Waals surface area contributed by atoms with E-state index in [-0.39, 0.29) is 0 Å². The van der Waals surface area contributed by atoms with Crippen molar-refractivity contribution < 1.29 is 13.2 Å². The number of rotatable bonds is 3. The Bertz CT molecular complexity index is 199. The molecule has 0 aromatic carbocycles. The molecule has 0 heterocycles. The monoisotopic (exact) mass is 192 g/mol. The average molecular weight is 192 g/mol. The molecule has 0 nitrogen and oxygen atoms in total. The molecule has 0 aromatic heterocycles. The van der Waals surface area contributed by atoms with Crippen molar-refractivity contribution in [2.45, 2.75) is 33.4 Å². The van der Waals surface area contributed by atoms with Gasteiger partial charge in [0.1, 0.15) is 0 Å². The Morgan fingerprint density at radius 1 is 1.38 bits per heavy atom. The lowest BCUT2D eigenvalue weighted by molar-refractivity contribution is -0.0912. The van der Waals surface area contributed by atoms with Gasteiger partial charge in [0.15, 0.2) is 0 Å². The lowest BCUT2D eigenvalue weighted by Gasteiger charge is -2.04. The quantitative estimate of drug-likeness (QED) is 0.590. The molecular weight excluding hydrogens is 177 g/mol. The van der Waals surface area contributed by atoms with Crippen molar-refractivity contribution in [3.05, 3.63) is 23.8 Å². The molecule has 1 unspecified atom stereocenters. The van der Waals surface area contributed by atoms with E-state index >= 15 is 0 Å². The van der Waals surface area contributed by atoms with Gasteiger partial charge >= 0.3 is 6.18 Å². The second-order valence-corrected chi connectivity index (χ2v) is 3.12. The van der Waals surface area contributed by atoms with E-state index in [9.17, 15) is 13.2 Å². The van der Waals surface area contributed by atoms with Gasteiger partial charge in [-0.25, -0.2) is 0 Å². The van der Waals surface area contributed by atoms with Gasteiger partial charge in [0.2, 0.25) is 0 Å². The molecule has 0 aromatic rings. The molecule has 0 fully saturated rings. The smallest absolute Gasteiger partial charge is 0.166 e. The van der Waals surface area contributed by atoms with Crippen LogP contribution in [0.4, 0.5) is 13.2 Å². The van der Waals surface area contributed by atoms with Crippen molar-refractivity contribution in [3.8, 4) is 0 Å². The molecule has 0 spiro atoms. The summed E-state index contributed by atoms with van der Waals surface area (Å²) in [5.74, 6) is 0.331. The van der Waals surface area contributed by atoms with E-state index in [1.165, 1.54) is 6.08 Å². The second kappa shape index (κ2) is 5.10. The predicted octanol–water partition coefficient (Wildman–Crippen LogP) is 4.10. The summed E-state index contributed by atoms with van der Waals surface area (Å²) in [6.07, 6.45) is 1.09. The van der Waals surface area contributed by atoms with Gasteiger partial charge in [0, 0.05) is 5.57 Å². The Morgan fingerprint density at radius 2 is 1.92 bits per heavy atom. The number of halogens is 3. The molecular formula is C10H15F3. The van der Waals surface area contributed by atoms with Crippen molar-refractivity contribution in [2.75, 3.05) is 0 Å². The zero-order chi connectivity index (χ0) is 10.5. The van der Waals surface area contributed by atoms with Crippen LogP contribution in [0.3, 0.4) is 0 Å². The van der Waals surface area contributed by atoms with E-state index in [0.717, 1.165) is 19.4 Å². The molecule has 0 amide bonds. The highest BCUT2D eigenvalue weighted by molar-refractivity contribution is 5.14. The summed E-state index contributed by atoms with van der Waals surface area (Å²) in [5, 5.41) is 0. The van der Waals surface area contributed by atoms with E-state index < -0.39 is 11.7 Å². The van der Waals surface area contributed by atoms with E-state index in [4.69, 9.17) is 0 Å². The molecule has 0 aliphatic rings. The largest absolute Gasteiger partial charge is 0.412 e. The SMILES string of the molecule is CCC(C)C=CC=C(C)C(F)(F)F. The zero-order valence-corrected chi connectivity index (χ0v) is 8.15. The first-order valence-electron chi connectivity index (χ1n) is 4.30. The zero-order valence-electron chi connectivity index (χ0n) is 8.15. The van der Waals surface area contributed by atoms with Gasteiger partial charge in [-0.1, -0.05) is 38.5 Å². The van der Waals surface area contributed by atoms with Crippen molar-refractivity contribution in [3.63, 3.8) is 0 Å². The molecule has 1 atom stereocenters. The standard InChI is InChI=1S/C10H15F3/c1-4-8(2)6-5-7-9(3)10(11,12)13/h5-8H,4H2,1-3H3. The van der Waals surface area contributed by atoms with Crippen molar-refractivity contribution in [1.29, 1.82) is 0 Å². The molecule has 0 aliphatic carbocycles. The summed E-state index contributed by atoms with van der Waals surface area (Å²) in [6.45, 7) is 5.03. The first-order chi connectivity index (χ1) is 5.88. The molecule has 0 saturated carbocycles. The highest BCUT2D eigenvalue weighted by Crippen LogP contribution is 2.24. The Labute approximate surface area is 77.1 Å². The van der Waals surface area contributed by atoms with Gasteiger partial charge in [-0.2, -0.15) is 13.2 Å². The molecule has 0 N–H and O–H groups in total. The lowest BCUT2D eigenvalue weighted by Crippen LogP contribution is -2.08. The third kappa shape index (κ3) is 5.50. The van der Waals surface area contributed by atoms with Gasteiger partial charge < -0.3 is 0 Å². The van der Waals surface area contributed by atoms with Gasteiger partial charge in [0.25, 0.3) is 0 Å². The number of alkyl halides is 3. The topological polar surface area (TPSA) is 0 Å². The Hall–Kier alpha value is -0.730. The minimum Gasteiger partial charge on any atom is -0.166 e. The van der Waals surface area contributed by atoms with Crippen LogP contribution < -0.4 is 0 Å².